The average molecular weight is 272 g/mol. The lowest BCUT2D eigenvalue weighted by Crippen LogP contribution is -2.03. The molecule has 0 amide bonds. The minimum absolute atomic E-state index is 0.242. The summed E-state index contributed by atoms with van der Waals surface area (Å²) in [7, 11) is 0. The molecular weight excluding hydrogens is 256 g/mol. The number of anilines is 1. The summed E-state index contributed by atoms with van der Waals surface area (Å²) in [6.07, 6.45) is 1.73. The van der Waals surface area contributed by atoms with Gasteiger partial charge in [-0.2, -0.15) is 0 Å². The van der Waals surface area contributed by atoms with E-state index in [1.807, 2.05) is 18.4 Å². The number of rotatable bonds is 2. The molecule has 0 radical (unpaired) electrons. The highest BCUT2D eigenvalue weighted by atomic mass is 16.5. The normalized spacial score (nSPS) is 11.7. The van der Waals surface area contributed by atoms with Crippen LogP contribution in [0, 0.1) is 13.8 Å². The third-order valence-electron chi connectivity index (χ3n) is 3.26. The van der Waals surface area contributed by atoms with Gasteiger partial charge < -0.3 is 14.8 Å². The summed E-state index contributed by atoms with van der Waals surface area (Å²) in [6.45, 7) is 7.82. The molecule has 2 N–H and O–H groups in total. The maximum atomic E-state index is 6.00. The first-order chi connectivity index (χ1) is 9.49. The molecule has 0 aromatic carbocycles. The Balaban J connectivity index is 2.31. The Kier molecular flexibility index (Phi) is 2.70. The van der Waals surface area contributed by atoms with Crippen molar-refractivity contribution in [2.24, 2.45) is 0 Å². The van der Waals surface area contributed by atoms with Crippen molar-refractivity contribution in [2.45, 2.75) is 33.7 Å². The van der Waals surface area contributed by atoms with Crippen molar-refractivity contribution in [3.8, 4) is 11.4 Å². The molecule has 0 fully saturated rings. The van der Waals surface area contributed by atoms with E-state index in [0.29, 0.717) is 22.9 Å². The SMILES string of the molecule is Cc1noc(C)c1-c1nc(N)c2ncn(C(C)C)c2n1. The smallest absolute Gasteiger partial charge is 0.169 e. The van der Waals surface area contributed by atoms with Gasteiger partial charge in [-0.1, -0.05) is 5.16 Å². The predicted octanol–water partition coefficient (Wildman–Crippen LogP) is 2.26. The van der Waals surface area contributed by atoms with Crippen LogP contribution < -0.4 is 5.73 Å². The Morgan fingerprint density at radius 1 is 1.25 bits per heavy atom. The van der Waals surface area contributed by atoms with Gasteiger partial charge in [-0.3, -0.25) is 0 Å². The summed E-state index contributed by atoms with van der Waals surface area (Å²) in [5.41, 5.74) is 8.88. The lowest BCUT2D eigenvalue weighted by atomic mass is 10.2. The second-order valence-electron chi connectivity index (χ2n) is 5.05. The standard InChI is InChI=1S/C13H16N6O/c1-6(2)19-5-15-10-11(14)16-12(17-13(10)19)9-7(3)18-20-8(9)4/h5-6H,1-4H3,(H2,14,16,17). The number of nitrogens with zero attached hydrogens (tertiary/aromatic N) is 5. The zero-order valence-electron chi connectivity index (χ0n) is 11.9. The molecule has 0 spiro atoms. The van der Waals surface area contributed by atoms with E-state index in [-0.39, 0.29) is 6.04 Å². The lowest BCUT2D eigenvalue weighted by molar-refractivity contribution is 0.393. The van der Waals surface area contributed by atoms with Crippen LogP contribution >= 0.6 is 0 Å². The first-order valence-electron chi connectivity index (χ1n) is 6.42. The molecule has 7 nitrogen and oxygen atoms in total. The Bertz CT molecular complexity index is 766. The molecule has 0 bridgehead atoms. The first kappa shape index (κ1) is 12.6. The van der Waals surface area contributed by atoms with E-state index in [1.54, 1.807) is 6.33 Å². The molecule has 104 valence electrons. The average Bonchev–Trinajstić information content (AvgIpc) is 2.93. The molecule has 3 aromatic heterocycles. The van der Waals surface area contributed by atoms with Crippen LogP contribution in [-0.4, -0.2) is 24.7 Å². The number of aromatic nitrogens is 5. The van der Waals surface area contributed by atoms with Crippen LogP contribution in [-0.2, 0) is 0 Å². The fourth-order valence-corrected chi connectivity index (χ4v) is 2.23. The van der Waals surface area contributed by atoms with Crippen LogP contribution in [0.3, 0.4) is 0 Å². The van der Waals surface area contributed by atoms with E-state index in [4.69, 9.17) is 10.3 Å². The second-order valence-corrected chi connectivity index (χ2v) is 5.05. The molecule has 20 heavy (non-hydrogen) atoms. The Morgan fingerprint density at radius 3 is 2.60 bits per heavy atom. The minimum atomic E-state index is 0.242. The molecule has 3 heterocycles. The molecule has 7 heteroatoms. The van der Waals surface area contributed by atoms with Gasteiger partial charge in [-0.05, 0) is 27.7 Å². The summed E-state index contributed by atoms with van der Waals surface area (Å²) in [5.74, 6) is 1.56. The molecule has 3 rings (SSSR count). The summed E-state index contributed by atoms with van der Waals surface area (Å²) in [5, 5.41) is 3.93. The van der Waals surface area contributed by atoms with Gasteiger partial charge in [-0.25, -0.2) is 15.0 Å². The van der Waals surface area contributed by atoms with E-state index < -0.39 is 0 Å². The van der Waals surface area contributed by atoms with Crippen LogP contribution in [0.4, 0.5) is 5.82 Å². The van der Waals surface area contributed by atoms with Crippen LogP contribution in [0.2, 0.25) is 0 Å². The van der Waals surface area contributed by atoms with Crippen LogP contribution in [0.25, 0.3) is 22.6 Å². The van der Waals surface area contributed by atoms with Gasteiger partial charge in [-0.15, -0.1) is 0 Å². The Morgan fingerprint density at radius 2 is 2.00 bits per heavy atom. The Hall–Kier alpha value is -2.44. The summed E-state index contributed by atoms with van der Waals surface area (Å²) in [4.78, 5) is 13.2. The van der Waals surface area contributed by atoms with Crippen molar-refractivity contribution in [2.75, 3.05) is 5.73 Å². The van der Waals surface area contributed by atoms with E-state index in [0.717, 1.165) is 16.9 Å². The monoisotopic (exact) mass is 272 g/mol. The molecule has 0 unspecified atom stereocenters. The highest BCUT2D eigenvalue weighted by Crippen LogP contribution is 2.27. The van der Waals surface area contributed by atoms with Crippen LogP contribution in [0.5, 0.6) is 0 Å². The van der Waals surface area contributed by atoms with Gasteiger partial charge in [0.1, 0.15) is 11.3 Å². The molecule has 0 atom stereocenters. The van der Waals surface area contributed by atoms with Crippen molar-refractivity contribution in [3.63, 3.8) is 0 Å². The Labute approximate surface area is 115 Å². The van der Waals surface area contributed by atoms with Gasteiger partial charge in [0.05, 0.1) is 17.6 Å². The highest BCUT2D eigenvalue weighted by molar-refractivity contribution is 5.84. The third kappa shape index (κ3) is 1.74. The second kappa shape index (κ2) is 4.29. The van der Waals surface area contributed by atoms with Crippen molar-refractivity contribution >= 4 is 17.0 Å². The van der Waals surface area contributed by atoms with Crippen molar-refractivity contribution in [3.05, 3.63) is 17.8 Å². The van der Waals surface area contributed by atoms with Gasteiger partial charge in [0.2, 0.25) is 0 Å². The predicted molar refractivity (Wildman–Crippen MR) is 75.1 cm³/mol. The zero-order chi connectivity index (χ0) is 14.4. The maximum Gasteiger partial charge on any atom is 0.169 e. The summed E-state index contributed by atoms with van der Waals surface area (Å²) >= 11 is 0. The molecule has 0 saturated heterocycles. The topological polar surface area (TPSA) is 95.6 Å². The zero-order valence-corrected chi connectivity index (χ0v) is 11.9. The number of nitrogen functional groups attached to an aromatic ring is 1. The molecule has 0 saturated carbocycles. The third-order valence-corrected chi connectivity index (χ3v) is 3.26. The van der Waals surface area contributed by atoms with Gasteiger partial charge in [0.25, 0.3) is 0 Å². The van der Waals surface area contributed by atoms with Crippen LogP contribution in [0.1, 0.15) is 31.3 Å². The van der Waals surface area contributed by atoms with E-state index >= 15 is 0 Å². The lowest BCUT2D eigenvalue weighted by Gasteiger charge is -2.08. The fraction of sp³-hybridized carbons (Fsp3) is 0.385. The molecule has 0 aliphatic heterocycles. The van der Waals surface area contributed by atoms with Gasteiger partial charge >= 0.3 is 0 Å². The van der Waals surface area contributed by atoms with Crippen molar-refractivity contribution in [1.82, 2.24) is 24.7 Å². The van der Waals surface area contributed by atoms with Crippen molar-refractivity contribution < 1.29 is 4.52 Å². The van der Waals surface area contributed by atoms with E-state index in [2.05, 4.69) is 34.0 Å². The first-order valence-corrected chi connectivity index (χ1v) is 6.42. The number of nitrogens with two attached hydrogens (primary N) is 1. The molecule has 3 aromatic rings. The minimum Gasteiger partial charge on any atom is -0.382 e. The quantitative estimate of drug-likeness (QED) is 0.768. The number of fused-ring (bicyclic) bond motifs is 1. The van der Waals surface area contributed by atoms with E-state index in [9.17, 15) is 0 Å². The highest BCUT2D eigenvalue weighted by Gasteiger charge is 2.18. The number of hydrogen-bond donors (Lipinski definition) is 1. The fourth-order valence-electron chi connectivity index (χ4n) is 2.23. The number of imidazole rings is 1. The molecule has 0 aliphatic rings. The van der Waals surface area contributed by atoms with Gasteiger partial charge in [0.15, 0.2) is 17.3 Å². The summed E-state index contributed by atoms with van der Waals surface area (Å²) in [6, 6.07) is 0.242. The number of aryl methyl sites for hydroxylation is 2. The molecular formula is C13H16N6O. The largest absolute Gasteiger partial charge is 0.382 e. The summed E-state index contributed by atoms with van der Waals surface area (Å²) < 4.78 is 7.13. The van der Waals surface area contributed by atoms with Crippen molar-refractivity contribution in [1.29, 1.82) is 0 Å². The van der Waals surface area contributed by atoms with E-state index in [1.165, 1.54) is 0 Å². The van der Waals surface area contributed by atoms with Gasteiger partial charge in [0, 0.05) is 6.04 Å². The van der Waals surface area contributed by atoms with Crippen LogP contribution in [0.15, 0.2) is 10.9 Å². The number of hydrogen-bond acceptors (Lipinski definition) is 6. The maximum absolute atomic E-state index is 6.00. The molecule has 0 aliphatic carbocycles.